The number of amides is 2. The first kappa shape index (κ1) is 26.0. The van der Waals surface area contributed by atoms with Gasteiger partial charge in [-0.05, 0) is 19.1 Å². The number of hydrogen-bond donors (Lipinski definition) is 1. The molecule has 10 heteroatoms. The molecule has 0 aromatic carbocycles. The highest BCUT2D eigenvalue weighted by Gasteiger charge is 2.48. The van der Waals surface area contributed by atoms with Crippen molar-refractivity contribution in [3.8, 4) is 12.3 Å². The van der Waals surface area contributed by atoms with Gasteiger partial charge in [0.05, 0.1) is 6.61 Å². The summed E-state index contributed by atoms with van der Waals surface area (Å²) < 4.78 is 7.14. The van der Waals surface area contributed by atoms with Crippen LogP contribution in [0.3, 0.4) is 0 Å². The summed E-state index contributed by atoms with van der Waals surface area (Å²) in [5.74, 6) is 3.45. The molecule has 9 nitrogen and oxygen atoms in total. The predicted molar refractivity (Wildman–Crippen MR) is 133 cm³/mol. The number of ether oxygens (including phenoxy) is 1. The van der Waals surface area contributed by atoms with E-state index in [1.165, 1.54) is 0 Å². The van der Waals surface area contributed by atoms with E-state index < -0.39 is 11.7 Å². The van der Waals surface area contributed by atoms with Crippen LogP contribution in [0.4, 0.5) is 0 Å². The van der Waals surface area contributed by atoms with E-state index >= 15 is 0 Å². The molecule has 1 saturated carbocycles. The van der Waals surface area contributed by atoms with Gasteiger partial charge < -0.3 is 19.5 Å². The van der Waals surface area contributed by atoms with Crippen molar-refractivity contribution in [2.75, 3.05) is 38.8 Å². The molecule has 1 aliphatic heterocycles. The van der Waals surface area contributed by atoms with Gasteiger partial charge in [0.2, 0.25) is 5.91 Å². The third kappa shape index (κ3) is 6.48. The highest BCUT2D eigenvalue weighted by atomic mass is 32.2. The van der Waals surface area contributed by atoms with Crippen LogP contribution in [0.15, 0.2) is 29.2 Å². The van der Waals surface area contributed by atoms with Gasteiger partial charge in [-0.1, -0.05) is 6.58 Å². The number of methoxy groups -OCH3 is 1. The number of thioether (sulfide) groups is 1. The van der Waals surface area contributed by atoms with Crippen molar-refractivity contribution in [1.29, 1.82) is 0 Å². The zero-order chi connectivity index (χ0) is 24.6. The van der Waals surface area contributed by atoms with E-state index in [1.807, 2.05) is 6.26 Å². The van der Waals surface area contributed by atoms with Crippen molar-refractivity contribution < 1.29 is 14.3 Å². The number of terminal acetylenes is 1. The molecule has 0 bridgehead atoms. The Labute approximate surface area is 205 Å². The van der Waals surface area contributed by atoms with E-state index in [9.17, 15) is 9.59 Å². The number of carbonyl (C=O) groups excluding carboxylic acids is 2. The monoisotopic (exact) mass is 486 g/mol. The average molecular weight is 487 g/mol. The van der Waals surface area contributed by atoms with Crippen molar-refractivity contribution >= 4 is 29.8 Å². The highest BCUT2D eigenvalue weighted by molar-refractivity contribution is 7.98. The molecular weight excluding hydrogens is 452 g/mol. The van der Waals surface area contributed by atoms with E-state index in [0.29, 0.717) is 44.8 Å². The van der Waals surface area contributed by atoms with Crippen LogP contribution in [0, 0.1) is 17.8 Å². The number of carbonyl (C=O) groups is 2. The fourth-order valence-corrected chi connectivity index (χ4v) is 4.40. The maximum absolute atomic E-state index is 13.7. The van der Waals surface area contributed by atoms with Crippen molar-refractivity contribution in [1.82, 2.24) is 19.8 Å². The Bertz CT molecular complexity index is 943. The Balaban J connectivity index is 1.86. The number of nitrogens with zero attached hydrogens (tertiary/aromatic N) is 5. The summed E-state index contributed by atoms with van der Waals surface area (Å²) in [6.07, 6.45) is 16.1. The molecule has 2 aliphatic rings. The van der Waals surface area contributed by atoms with E-state index in [0.717, 1.165) is 18.6 Å². The summed E-state index contributed by atoms with van der Waals surface area (Å²) >= 11 is 1.64. The first-order valence-electron chi connectivity index (χ1n) is 11.5. The first-order chi connectivity index (χ1) is 16.4. The van der Waals surface area contributed by atoms with Gasteiger partial charge >= 0.3 is 0 Å². The molecule has 34 heavy (non-hydrogen) atoms. The minimum Gasteiger partial charge on any atom is -0.384 e. The summed E-state index contributed by atoms with van der Waals surface area (Å²) in [5.41, 5.74) is -0.712. The van der Waals surface area contributed by atoms with E-state index in [2.05, 4.69) is 33.0 Å². The number of nitrogens with one attached hydrogen (secondary N) is 1. The van der Waals surface area contributed by atoms with Crippen LogP contribution in [-0.4, -0.2) is 70.7 Å². The number of imidazole rings is 1. The van der Waals surface area contributed by atoms with Crippen LogP contribution < -0.4 is 5.32 Å². The summed E-state index contributed by atoms with van der Waals surface area (Å²) in [6.45, 7) is 5.28. The lowest BCUT2D eigenvalue weighted by molar-refractivity contribution is -0.142. The lowest BCUT2D eigenvalue weighted by Gasteiger charge is -2.34. The third-order valence-electron chi connectivity index (χ3n) is 6.33. The smallest absolute Gasteiger partial charge is 0.250 e. The Kier molecular flexibility index (Phi) is 8.91. The van der Waals surface area contributed by atoms with Crippen LogP contribution >= 0.6 is 11.8 Å². The van der Waals surface area contributed by atoms with Crippen LogP contribution in [0.1, 0.15) is 50.4 Å². The standard InChI is InChI=1S/C24H34N6O3S/c1-5-7-9-24(27-28-24)10-8-19(31)30(17-23(11-12-23)18-33-3)20(22(32)26-14-16-34-4)21-25-13-15-29(21)6-2/h1,6,13,15,20H,2,7-12,14,16-18H2,3-4H3,(H,26,32). The first-order valence-corrected chi connectivity index (χ1v) is 12.9. The number of hydrogen-bond acceptors (Lipinski definition) is 7. The molecule has 1 N–H and O–H groups in total. The second-order valence-electron chi connectivity index (χ2n) is 8.90. The molecule has 184 valence electrons. The molecule has 3 rings (SSSR count). The second-order valence-corrected chi connectivity index (χ2v) is 9.89. The van der Waals surface area contributed by atoms with Crippen molar-refractivity contribution in [3.63, 3.8) is 0 Å². The summed E-state index contributed by atoms with van der Waals surface area (Å²) in [5, 5.41) is 11.3. The summed E-state index contributed by atoms with van der Waals surface area (Å²) in [6, 6.07) is -0.883. The molecule has 0 radical (unpaired) electrons. The van der Waals surface area contributed by atoms with Gasteiger partial charge in [-0.3, -0.25) is 9.59 Å². The quantitative estimate of drug-likeness (QED) is 0.286. The molecule has 1 unspecified atom stereocenters. The topological polar surface area (TPSA) is 101 Å². The van der Waals surface area contributed by atoms with Crippen LogP contribution in [-0.2, 0) is 14.3 Å². The molecule has 1 aromatic rings. The van der Waals surface area contributed by atoms with Gasteiger partial charge in [-0.25, -0.2) is 4.98 Å². The molecule has 2 amide bonds. The summed E-state index contributed by atoms with van der Waals surface area (Å²) in [4.78, 5) is 33.2. The Morgan fingerprint density at radius 1 is 1.44 bits per heavy atom. The van der Waals surface area contributed by atoms with Gasteiger partial charge in [-0.2, -0.15) is 22.0 Å². The fraction of sp³-hybridized carbons (Fsp3) is 0.625. The number of aromatic nitrogens is 2. The second kappa shape index (κ2) is 11.7. The zero-order valence-corrected chi connectivity index (χ0v) is 20.9. The molecule has 2 heterocycles. The Morgan fingerprint density at radius 2 is 2.21 bits per heavy atom. The molecule has 0 saturated heterocycles. The van der Waals surface area contributed by atoms with E-state index in [1.54, 1.807) is 46.9 Å². The minimum atomic E-state index is -0.883. The van der Waals surface area contributed by atoms with Gasteiger partial charge in [0.25, 0.3) is 5.91 Å². The molecule has 1 aromatic heterocycles. The van der Waals surface area contributed by atoms with Crippen molar-refractivity contribution in [2.45, 2.75) is 50.2 Å². The van der Waals surface area contributed by atoms with Gasteiger partial charge in [0.15, 0.2) is 11.7 Å². The van der Waals surface area contributed by atoms with Gasteiger partial charge in [0.1, 0.15) is 5.82 Å². The van der Waals surface area contributed by atoms with E-state index in [4.69, 9.17) is 11.2 Å². The SMILES string of the molecule is C#CCCC1(CCC(=O)N(CC2(COC)CC2)C(C(=O)NCCSC)c2nccn2C=C)N=N1. The number of rotatable bonds is 16. The van der Waals surface area contributed by atoms with Crippen LogP contribution in [0.5, 0.6) is 0 Å². The van der Waals surface area contributed by atoms with Crippen molar-refractivity contribution in [3.05, 3.63) is 24.8 Å². The molecular formula is C24H34N6O3S. The lowest BCUT2D eigenvalue weighted by Crippen LogP contribution is -2.48. The van der Waals surface area contributed by atoms with Crippen molar-refractivity contribution in [2.24, 2.45) is 15.6 Å². The molecule has 1 atom stereocenters. The van der Waals surface area contributed by atoms with Gasteiger partial charge in [-0.15, -0.1) is 12.3 Å². The average Bonchev–Trinajstić information content (AvgIpc) is 3.73. The van der Waals surface area contributed by atoms with E-state index in [-0.39, 0.29) is 23.7 Å². The Hall–Kier alpha value is -2.64. The lowest BCUT2D eigenvalue weighted by atomic mass is 10.00. The molecule has 1 fully saturated rings. The van der Waals surface area contributed by atoms with Crippen LogP contribution in [0.25, 0.3) is 6.20 Å². The third-order valence-corrected chi connectivity index (χ3v) is 6.94. The van der Waals surface area contributed by atoms with Crippen LogP contribution in [0.2, 0.25) is 0 Å². The minimum absolute atomic E-state index is 0.136. The largest absolute Gasteiger partial charge is 0.384 e. The maximum atomic E-state index is 13.7. The maximum Gasteiger partial charge on any atom is 0.250 e. The zero-order valence-electron chi connectivity index (χ0n) is 20.0. The molecule has 1 aliphatic carbocycles. The normalized spacial score (nSPS) is 17.4. The fourth-order valence-electron chi connectivity index (χ4n) is 4.10. The predicted octanol–water partition coefficient (Wildman–Crippen LogP) is 3.11. The Morgan fingerprint density at radius 3 is 2.79 bits per heavy atom. The highest BCUT2D eigenvalue weighted by Crippen LogP contribution is 2.48. The van der Waals surface area contributed by atoms with Gasteiger partial charge in [0, 0.05) is 75.6 Å². The summed E-state index contributed by atoms with van der Waals surface area (Å²) in [7, 11) is 1.66. The molecule has 0 spiro atoms.